The maximum atomic E-state index is 14.8. The standard InChI is InChI=1S/C22H16F3N3O5S/c1-32-19-9-14(15-11-22(15,24)25)16(23)10-18(19)28-17-4-3-13(8-12(17)2-5-21(28)29)34(30,31)27-20-6-7-33-26-20/h2-10,15H,11H2,1H3,(H,26,27)/t15-/m0/s1. The van der Waals surface area contributed by atoms with Crippen molar-refractivity contribution in [2.45, 2.75) is 23.2 Å². The Morgan fingerprint density at radius 2 is 1.94 bits per heavy atom. The molecule has 1 fully saturated rings. The Bertz CT molecular complexity index is 1580. The zero-order chi connectivity index (χ0) is 24.3. The molecule has 12 heteroatoms. The molecule has 1 atom stereocenters. The molecule has 34 heavy (non-hydrogen) atoms. The highest BCUT2D eigenvalue weighted by Gasteiger charge is 2.58. The molecule has 0 unspecified atom stereocenters. The number of sulfonamides is 1. The van der Waals surface area contributed by atoms with Gasteiger partial charge in [0.2, 0.25) is 0 Å². The molecule has 5 rings (SSSR count). The normalized spacial score (nSPS) is 17.0. The molecule has 8 nitrogen and oxygen atoms in total. The van der Waals surface area contributed by atoms with Crippen LogP contribution in [0.25, 0.3) is 16.6 Å². The number of pyridine rings is 1. The number of fused-ring (bicyclic) bond motifs is 1. The quantitative estimate of drug-likeness (QED) is 0.437. The maximum absolute atomic E-state index is 14.8. The Kier molecular flexibility index (Phi) is 4.93. The van der Waals surface area contributed by atoms with Crippen LogP contribution in [0.3, 0.4) is 0 Å². The number of methoxy groups -OCH3 is 1. The lowest BCUT2D eigenvalue weighted by Gasteiger charge is -2.16. The van der Waals surface area contributed by atoms with Gasteiger partial charge in [-0.15, -0.1) is 0 Å². The van der Waals surface area contributed by atoms with Crippen molar-refractivity contribution in [3.05, 3.63) is 76.5 Å². The van der Waals surface area contributed by atoms with Crippen molar-refractivity contribution < 1.29 is 30.8 Å². The molecular formula is C22H16F3N3O5S. The fourth-order valence-electron chi connectivity index (χ4n) is 3.82. The molecule has 2 heterocycles. The minimum atomic E-state index is -4.02. The van der Waals surface area contributed by atoms with Crippen LogP contribution in [0.4, 0.5) is 19.0 Å². The van der Waals surface area contributed by atoms with Gasteiger partial charge >= 0.3 is 0 Å². The fourth-order valence-corrected chi connectivity index (χ4v) is 4.84. The van der Waals surface area contributed by atoms with Gasteiger partial charge in [0.15, 0.2) is 5.82 Å². The third-order valence-corrected chi connectivity index (χ3v) is 6.95. The Morgan fingerprint density at radius 3 is 2.59 bits per heavy atom. The van der Waals surface area contributed by atoms with Crippen molar-refractivity contribution in [2.75, 3.05) is 11.8 Å². The first kappa shape index (κ1) is 22.0. The van der Waals surface area contributed by atoms with Gasteiger partial charge in [-0.2, -0.15) is 0 Å². The van der Waals surface area contributed by atoms with E-state index in [0.29, 0.717) is 5.39 Å². The summed E-state index contributed by atoms with van der Waals surface area (Å²) in [4.78, 5) is 12.6. The Balaban J connectivity index is 1.63. The summed E-state index contributed by atoms with van der Waals surface area (Å²) in [6.45, 7) is 0. The Hall–Kier alpha value is -3.80. The van der Waals surface area contributed by atoms with E-state index in [0.717, 1.165) is 10.6 Å². The van der Waals surface area contributed by atoms with Gasteiger partial charge in [0.25, 0.3) is 21.5 Å². The van der Waals surface area contributed by atoms with Crippen molar-refractivity contribution in [2.24, 2.45) is 0 Å². The smallest absolute Gasteiger partial charge is 0.263 e. The summed E-state index contributed by atoms with van der Waals surface area (Å²) in [7, 11) is -2.74. The van der Waals surface area contributed by atoms with Crippen LogP contribution in [0.15, 0.2) is 69.0 Å². The van der Waals surface area contributed by atoms with Crippen molar-refractivity contribution in [3.63, 3.8) is 0 Å². The van der Waals surface area contributed by atoms with Crippen molar-refractivity contribution in [1.82, 2.24) is 9.72 Å². The predicted molar refractivity (Wildman–Crippen MR) is 116 cm³/mol. The highest BCUT2D eigenvalue weighted by atomic mass is 32.2. The average Bonchev–Trinajstić information content (AvgIpc) is 3.15. The monoisotopic (exact) mass is 491 g/mol. The second kappa shape index (κ2) is 7.62. The molecule has 176 valence electrons. The molecule has 4 aromatic rings. The largest absolute Gasteiger partial charge is 0.495 e. The van der Waals surface area contributed by atoms with Crippen LogP contribution in [0, 0.1) is 5.82 Å². The Morgan fingerprint density at radius 1 is 1.18 bits per heavy atom. The summed E-state index contributed by atoms with van der Waals surface area (Å²) in [5.74, 6) is -5.10. The van der Waals surface area contributed by atoms with Gasteiger partial charge in [0.05, 0.1) is 29.1 Å². The van der Waals surface area contributed by atoms with E-state index in [9.17, 15) is 26.4 Å². The molecule has 1 N–H and O–H groups in total. The van der Waals surface area contributed by atoms with Gasteiger partial charge in [-0.1, -0.05) is 5.16 Å². The van der Waals surface area contributed by atoms with Gasteiger partial charge in [-0.3, -0.25) is 14.1 Å². The van der Waals surface area contributed by atoms with Crippen molar-refractivity contribution in [1.29, 1.82) is 0 Å². The van der Waals surface area contributed by atoms with E-state index in [4.69, 9.17) is 4.74 Å². The van der Waals surface area contributed by atoms with Crippen molar-refractivity contribution >= 4 is 26.7 Å². The molecule has 0 amide bonds. The number of halogens is 3. The first-order valence-corrected chi connectivity index (χ1v) is 11.4. The highest BCUT2D eigenvalue weighted by Crippen LogP contribution is 2.57. The molecule has 1 saturated carbocycles. The summed E-state index contributed by atoms with van der Waals surface area (Å²) >= 11 is 0. The van der Waals surface area contributed by atoms with Crippen LogP contribution in [0.1, 0.15) is 17.9 Å². The van der Waals surface area contributed by atoms with Crippen LogP contribution in [0.2, 0.25) is 0 Å². The van der Waals surface area contributed by atoms with E-state index in [-0.39, 0.29) is 33.2 Å². The lowest BCUT2D eigenvalue weighted by atomic mass is 10.1. The first-order chi connectivity index (χ1) is 16.1. The second-order valence-corrected chi connectivity index (χ2v) is 9.46. The summed E-state index contributed by atoms with van der Waals surface area (Å²) in [5.41, 5.74) is -0.480. The number of rotatable bonds is 6. The van der Waals surface area contributed by atoms with Gasteiger partial charge < -0.3 is 9.26 Å². The number of nitrogens with zero attached hydrogens (tertiary/aromatic N) is 2. The summed E-state index contributed by atoms with van der Waals surface area (Å²) < 4.78 is 80.5. The molecule has 0 bridgehead atoms. The van der Waals surface area contributed by atoms with Crippen LogP contribution in [0.5, 0.6) is 5.75 Å². The number of hydrogen-bond donors (Lipinski definition) is 1. The highest BCUT2D eigenvalue weighted by molar-refractivity contribution is 7.92. The van der Waals surface area contributed by atoms with E-state index >= 15 is 0 Å². The SMILES string of the molecule is COc1cc([C@@H]2CC2(F)F)c(F)cc1-n1c(=O)ccc2cc(S(=O)(=O)Nc3ccon3)ccc21. The molecular weight excluding hydrogens is 475 g/mol. The number of alkyl halides is 2. The summed E-state index contributed by atoms with van der Waals surface area (Å²) in [6.07, 6.45) is 0.749. The summed E-state index contributed by atoms with van der Waals surface area (Å²) in [6, 6.07) is 10.1. The average molecular weight is 491 g/mol. The van der Waals surface area contributed by atoms with Crippen molar-refractivity contribution in [3.8, 4) is 11.4 Å². The minimum Gasteiger partial charge on any atom is -0.495 e. The van der Waals surface area contributed by atoms with Crippen LogP contribution in [-0.4, -0.2) is 31.2 Å². The van der Waals surface area contributed by atoms with E-state index in [1.54, 1.807) is 0 Å². The molecule has 0 aliphatic heterocycles. The molecule has 1 aliphatic rings. The Labute approximate surface area is 190 Å². The summed E-state index contributed by atoms with van der Waals surface area (Å²) in [5, 5.41) is 3.86. The molecule has 0 spiro atoms. The van der Waals surface area contributed by atoms with Gasteiger partial charge in [0, 0.05) is 35.6 Å². The maximum Gasteiger partial charge on any atom is 0.263 e. The van der Waals surface area contributed by atoms with Crippen LogP contribution in [-0.2, 0) is 10.0 Å². The number of aromatic nitrogens is 2. The lowest BCUT2D eigenvalue weighted by Crippen LogP contribution is -2.19. The number of anilines is 1. The molecule has 2 aromatic carbocycles. The van der Waals surface area contributed by atoms with E-state index in [1.165, 1.54) is 55.8 Å². The van der Waals surface area contributed by atoms with Crippen LogP contribution >= 0.6 is 0 Å². The third kappa shape index (κ3) is 3.69. The molecule has 2 aromatic heterocycles. The zero-order valence-electron chi connectivity index (χ0n) is 17.5. The molecule has 0 radical (unpaired) electrons. The van der Waals surface area contributed by atoms with Crippen LogP contribution < -0.4 is 15.0 Å². The fraction of sp³-hybridized carbons (Fsp3) is 0.182. The zero-order valence-corrected chi connectivity index (χ0v) is 18.3. The number of nitrogens with one attached hydrogen (secondary N) is 1. The molecule has 0 saturated heterocycles. The molecule has 1 aliphatic carbocycles. The van der Waals surface area contributed by atoms with E-state index in [1.807, 2.05) is 0 Å². The predicted octanol–water partition coefficient (Wildman–Crippen LogP) is 4.05. The lowest BCUT2D eigenvalue weighted by molar-refractivity contribution is 0.111. The third-order valence-electron chi connectivity index (χ3n) is 5.59. The van der Waals surface area contributed by atoms with Gasteiger partial charge in [-0.25, -0.2) is 21.6 Å². The van der Waals surface area contributed by atoms with Gasteiger partial charge in [-0.05, 0) is 30.3 Å². The van der Waals surface area contributed by atoms with E-state index in [2.05, 4.69) is 14.4 Å². The topological polar surface area (TPSA) is 103 Å². The second-order valence-electron chi connectivity index (χ2n) is 7.78. The number of hydrogen-bond acceptors (Lipinski definition) is 6. The number of benzene rings is 2. The first-order valence-electron chi connectivity index (χ1n) is 9.95. The minimum absolute atomic E-state index is 0.000328. The number of ether oxygens (including phenoxy) is 1. The van der Waals surface area contributed by atoms with E-state index < -0.39 is 39.7 Å². The van der Waals surface area contributed by atoms with Gasteiger partial charge in [0.1, 0.15) is 17.8 Å².